The van der Waals surface area contributed by atoms with Crippen molar-refractivity contribution in [3.63, 3.8) is 0 Å². The van der Waals surface area contributed by atoms with Gasteiger partial charge in [0.05, 0.1) is 25.2 Å². The number of nitrogens with one attached hydrogen (secondary N) is 1. The number of hydrogen-bond donors (Lipinski definition) is 3. The maximum absolute atomic E-state index is 13.1. The fourth-order valence-corrected chi connectivity index (χ4v) is 7.16. The van der Waals surface area contributed by atoms with Crippen LogP contribution < -0.4 is 5.32 Å². The van der Waals surface area contributed by atoms with Crippen molar-refractivity contribution >= 4 is 11.9 Å². The molecule has 3 atom stereocenters. The number of amides is 1. The third-order valence-corrected chi connectivity index (χ3v) is 10.8. The molecule has 0 aliphatic rings. The SMILES string of the molecule is CCCCCCCC/C=C\C/C=C/C(CC(=O)NC(CO)C(O)CCCCCCCCCCCCCCCC)OC(=O)CCCCCCCCCCCC. The van der Waals surface area contributed by atoms with Crippen molar-refractivity contribution in [1.82, 2.24) is 5.32 Å². The Hall–Kier alpha value is -1.66. The summed E-state index contributed by atoms with van der Waals surface area (Å²) >= 11 is 0. The highest BCUT2D eigenvalue weighted by atomic mass is 16.5. The van der Waals surface area contributed by atoms with Crippen molar-refractivity contribution < 1.29 is 24.5 Å². The Balaban J connectivity index is 4.60. The summed E-state index contributed by atoms with van der Waals surface area (Å²) < 4.78 is 5.79. The van der Waals surface area contributed by atoms with Crippen LogP contribution in [0.3, 0.4) is 0 Å². The second kappa shape index (κ2) is 42.5. The van der Waals surface area contributed by atoms with Gasteiger partial charge >= 0.3 is 5.97 Å². The summed E-state index contributed by atoms with van der Waals surface area (Å²) in [7, 11) is 0. The standard InChI is InChI=1S/C48H91NO5/c1-4-7-10-13-16-19-22-23-24-26-28-31-34-37-40-46(51)45(43-50)49-47(52)42-44(39-36-33-30-27-25-20-17-14-11-8-5-2)54-48(53)41-38-35-32-29-21-18-15-12-9-6-3/h27,30,36,39,44-46,50-51H,4-26,28-29,31-35,37-38,40-43H2,1-3H3,(H,49,52)/b30-27-,39-36+. The molecule has 0 fully saturated rings. The summed E-state index contributed by atoms with van der Waals surface area (Å²) in [6.45, 7) is 6.43. The van der Waals surface area contributed by atoms with Crippen LogP contribution in [0.1, 0.15) is 245 Å². The number of ether oxygens (including phenoxy) is 1. The van der Waals surface area contributed by atoms with Gasteiger partial charge in [0.15, 0.2) is 0 Å². The zero-order valence-corrected chi connectivity index (χ0v) is 36.1. The number of carbonyl (C=O) groups is 2. The number of allylic oxidation sites excluding steroid dienone is 3. The van der Waals surface area contributed by atoms with Gasteiger partial charge in [-0.25, -0.2) is 0 Å². The molecule has 0 aromatic heterocycles. The highest BCUT2D eigenvalue weighted by Gasteiger charge is 2.23. The topological polar surface area (TPSA) is 95.9 Å². The van der Waals surface area contributed by atoms with Crippen LogP contribution in [0.15, 0.2) is 24.3 Å². The van der Waals surface area contributed by atoms with Crippen LogP contribution >= 0.6 is 0 Å². The molecular formula is C48H91NO5. The first-order valence-electron chi connectivity index (χ1n) is 23.6. The molecule has 0 aliphatic heterocycles. The van der Waals surface area contributed by atoms with Crippen molar-refractivity contribution in [3.05, 3.63) is 24.3 Å². The van der Waals surface area contributed by atoms with Gasteiger partial charge in [-0.05, 0) is 38.2 Å². The van der Waals surface area contributed by atoms with E-state index >= 15 is 0 Å². The highest BCUT2D eigenvalue weighted by molar-refractivity contribution is 5.78. The predicted octanol–water partition coefficient (Wildman–Crippen LogP) is 13.6. The smallest absolute Gasteiger partial charge is 0.306 e. The first-order valence-corrected chi connectivity index (χ1v) is 23.6. The third kappa shape index (κ3) is 37.3. The van der Waals surface area contributed by atoms with Crippen LogP contribution in [0.4, 0.5) is 0 Å². The summed E-state index contributed by atoms with van der Waals surface area (Å²) in [6.07, 6.45) is 47.0. The minimum absolute atomic E-state index is 0.0240. The van der Waals surface area contributed by atoms with E-state index in [1.807, 2.05) is 12.2 Å². The number of unbranched alkanes of at least 4 members (excludes halogenated alkanes) is 28. The van der Waals surface area contributed by atoms with Gasteiger partial charge in [-0.3, -0.25) is 9.59 Å². The van der Waals surface area contributed by atoms with Crippen LogP contribution in [0, 0.1) is 0 Å². The Kier molecular flexibility index (Phi) is 41.2. The average Bonchev–Trinajstić information content (AvgIpc) is 3.16. The van der Waals surface area contributed by atoms with Crippen LogP contribution in [-0.4, -0.2) is 46.9 Å². The summed E-state index contributed by atoms with van der Waals surface area (Å²) in [5.74, 6) is -0.596. The minimum Gasteiger partial charge on any atom is -0.458 e. The van der Waals surface area contributed by atoms with Crippen LogP contribution in [0.5, 0.6) is 0 Å². The molecule has 6 heteroatoms. The van der Waals surface area contributed by atoms with Crippen molar-refractivity contribution in [2.45, 2.75) is 264 Å². The van der Waals surface area contributed by atoms with E-state index in [9.17, 15) is 19.8 Å². The quantitative estimate of drug-likeness (QED) is 0.0327. The zero-order valence-electron chi connectivity index (χ0n) is 36.1. The van der Waals surface area contributed by atoms with E-state index in [4.69, 9.17) is 4.74 Å². The Labute approximate surface area is 335 Å². The molecule has 54 heavy (non-hydrogen) atoms. The van der Waals surface area contributed by atoms with E-state index in [2.05, 4.69) is 38.2 Å². The Morgan fingerprint density at radius 1 is 0.556 bits per heavy atom. The van der Waals surface area contributed by atoms with Gasteiger partial charge < -0.3 is 20.3 Å². The molecule has 0 saturated heterocycles. The first kappa shape index (κ1) is 52.3. The molecule has 0 aliphatic carbocycles. The zero-order chi connectivity index (χ0) is 39.6. The normalized spacial score (nSPS) is 13.5. The number of aliphatic hydroxyl groups is 2. The molecule has 0 rings (SSSR count). The lowest BCUT2D eigenvalue weighted by Gasteiger charge is -2.23. The van der Waals surface area contributed by atoms with Crippen LogP contribution in [-0.2, 0) is 14.3 Å². The first-order chi connectivity index (χ1) is 26.5. The number of esters is 1. The summed E-state index contributed by atoms with van der Waals surface area (Å²) in [5, 5.41) is 23.6. The molecule has 3 unspecified atom stereocenters. The molecule has 6 nitrogen and oxygen atoms in total. The Morgan fingerprint density at radius 3 is 1.44 bits per heavy atom. The fraction of sp³-hybridized carbons (Fsp3) is 0.875. The lowest BCUT2D eigenvalue weighted by atomic mass is 10.0. The van der Waals surface area contributed by atoms with Crippen LogP contribution in [0.2, 0.25) is 0 Å². The third-order valence-electron chi connectivity index (χ3n) is 10.8. The minimum atomic E-state index is -0.805. The van der Waals surface area contributed by atoms with Gasteiger partial charge in [0, 0.05) is 6.42 Å². The lowest BCUT2D eigenvalue weighted by Crippen LogP contribution is -2.46. The molecule has 0 radical (unpaired) electrons. The van der Waals surface area contributed by atoms with Gasteiger partial charge in [0.2, 0.25) is 5.91 Å². The molecule has 0 spiro atoms. The molecule has 0 bridgehead atoms. The highest BCUT2D eigenvalue weighted by Crippen LogP contribution is 2.16. The maximum atomic E-state index is 13.1. The predicted molar refractivity (Wildman–Crippen MR) is 232 cm³/mol. The molecule has 0 heterocycles. The average molecular weight is 762 g/mol. The van der Waals surface area contributed by atoms with E-state index < -0.39 is 18.2 Å². The van der Waals surface area contributed by atoms with Gasteiger partial charge in [-0.15, -0.1) is 0 Å². The van der Waals surface area contributed by atoms with Gasteiger partial charge in [0.25, 0.3) is 0 Å². The molecule has 318 valence electrons. The summed E-state index contributed by atoms with van der Waals surface area (Å²) in [5.41, 5.74) is 0. The van der Waals surface area contributed by atoms with Gasteiger partial charge in [-0.2, -0.15) is 0 Å². The van der Waals surface area contributed by atoms with Crippen molar-refractivity contribution in [2.75, 3.05) is 6.61 Å². The molecule has 1 amide bonds. The maximum Gasteiger partial charge on any atom is 0.306 e. The van der Waals surface area contributed by atoms with Crippen molar-refractivity contribution in [1.29, 1.82) is 0 Å². The van der Waals surface area contributed by atoms with Gasteiger partial charge in [-0.1, -0.05) is 219 Å². The largest absolute Gasteiger partial charge is 0.458 e. The van der Waals surface area contributed by atoms with Gasteiger partial charge in [0.1, 0.15) is 6.10 Å². The summed E-state index contributed by atoms with van der Waals surface area (Å²) in [6, 6.07) is -0.726. The van der Waals surface area contributed by atoms with Crippen molar-refractivity contribution in [2.24, 2.45) is 0 Å². The number of aliphatic hydroxyl groups excluding tert-OH is 2. The second-order valence-electron chi connectivity index (χ2n) is 16.2. The van der Waals surface area contributed by atoms with Crippen LogP contribution in [0.25, 0.3) is 0 Å². The van der Waals surface area contributed by atoms with E-state index in [-0.39, 0.29) is 24.9 Å². The monoisotopic (exact) mass is 762 g/mol. The fourth-order valence-electron chi connectivity index (χ4n) is 7.16. The molecule has 3 N–H and O–H groups in total. The molecule has 0 aromatic carbocycles. The van der Waals surface area contributed by atoms with E-state index in [1.165, 1.54) is 154 Å². The molecular weight excluding hydrogens is 671 g/mol. The number of hydrogen-bond acceptors (Lipinski definition) is 5. The number of rotatable bonds is 42. The molecule has 0 aromatic rings. The van der Waals surface area contributed by atoms with E-state index in [0.29, 0.717) is 12.8 Å². The number of carbonyl (C=O) groups excluding carboxylic acids is 2. The Morgan fingerprint density at radius 2 is 0.981 bits per heavy atom. The summed E-state index contributed by atoms with van der Waals surface area (Å²) in [4.78, 5) is 25.9. The lowest BCUT2D eigenvalue weighted by molar-refractivity contribution is -0.148. The molecule has 0 saturated carbocycles. The Bertz CT molecular complexity index is 858. The van der Waals surface area contributed by atoms with Crippen molar-refractivity contribution in [3.8, 4) is 0 Å². The second-order valence-corrected chi connectivity index (χ2v) is 16.2. The van der Waals surface area contributed by atoms with E-state index in [0.717, 1.165) is 51.4 Å². The van der Waals surface area contributed by atoms with E-state index in [1.54, 1.807) is 0 Å².